The third kappa shape index (κ3) is 5.08. The van der Waals surface area contributed by atoms with Crippen molar-refractivity contribution in [2.75, 3.05) is 21.5 Å². The van der Waals surface area contributed by atoms with Gasteiger partial charge in [0.15, 0.2) is 0 Å². The molecular formula is C25H24ClN3O4S. The Morgan fingerprint density at radius 3 is 2.29 bits per heavy atom. The summed E-state index contributed by atoms with van der Waals surface area (Å²) in [5.74, 6) is -0.982. The average molecular weight is 498 g/mol. The zero-order valence-electron chi connectivity index (χ0n) is 18.7. The zero-order chi connectivity index (χ0) is 24.5. The molecule has 0 spiro atoms. The Kier molecular flexibility index (Phi) is 6.63. The molecule has 34 heavy (non-hydrogen) atoms. The lowest BCUT2D eigenvalue weighted by atomic mass is 10.1. The highest BCUT2D eigenvalue weighted by molar-refractivity contribution is 7.92. The van der Waals surface area contributed by atoms with Gasteiger partial charge in [0.1, 0.15) is 0 Å². The maximum atomic E-state index is 12.8. The second-order valence-corrected chi connectivity index (χ2v) is 10.4. The molecule has 9 heteroatoms. The molecule has 3 aromatic rings. The fraction of sp³-hybridized carbons (Fsp3) is 0.200. The number of hydrogen-bond acceptors (Lipinski definition) is 4. The molecule has 0 bridgehead atoms. The van der Waals surface area contributed by atoms with E-state index in [1.54, 1.807) is 29.2 Å². The molecular weight excluding hydrogens is 474 g/mol. The molecule has 1 unspecified atom stereocenters. The molecule has 0 aliphatic carbocycles. The first-order chi connectivity index (χ1) is 16.1. The molecule has 1 aliphatic heterocycles. The van der Waals surface area contributed by atoms with Crippen LogP contribution in [0.5, 0.6) is 0 Å². The monoisotopic (exact) mass is 497 g/mol. The Morgan fingerprint density at radius 2 is 1.65 bits per heavy atom. The van der Waals surface area contributed by atoms with E-state index >= 15 is 0 Å². The Balaban J connectivity index is 1.42. The summed E-state index contributed by atoms with van der Waals surface area (Å²) >= 11 is 6.02. The Morgan fingerprint density at radius 1 is 1.00 bits per heavy atom. The van der Waals surface area contributed by atoms with Gasteiger partial charge >= 0.3 is 0 Å². The molecule has 1 atom stereocenters. The minimum atomic E-state index is -3.79. The number of hydrogen-bond donors (Lipinski definition) is 2. The number of halogens is 1. The molecule has 3 aromatic carbocycles. The highest BCUT2D eigenvalue weighted by atomic mass is 35.5. The fourth-order valence-electron chi connectivity index (χ4n) is 3.91. The fourth-order valence-corrected chi connectivity index (χ4v) is 5.29. The second kappa shape index (κ2) is 9.48. The molecule has 0 radical (unpaired) electrons. The molecule has 1 saturated heterocycles. The lowest BCUT2D eigenvalue weighted by Crippen LogP contribution is -2.28. The van der Waals surface area contributed by atoms with Crippen LogP contribution >= 0.6 is 11.6 Å². The van der Waals surface area contributed by atoms with Crippen LogP contribution in [0.3, 0.4) is 0 Å². The van der Waals surface area contributed by atoms with E-state index < -0.39 is 15.9 Å². The first-order valence-corrected chi connectivity index (χ1v) is 12.6. The lowest BCUT2D eigenvalue weighted by molar-refractivity contribution is -0.122. The average Bonchev–Trinajstić information content (AvgIpc) is 3.19. The van der Waals surface area contributed by atoms with Crippen LogP contribution in [0.25, 0.3) is 0 Å². The van der Waals surface area contributed by atoms with Crippen molar-refractivity contribution in [2.45, 2.75) is 25.2 Å². The normalized spacial score (nSPS) is 15.9. The number of carbonyl (C=O) groups is 2. The van der Waals surface area contributed by atoms with E-state index in [1.807, 2.05) is 32.0 Å². The molecule has 2 N–H and O–H groups in total. The van der Waals surface area contributed by atoms with Crippen molar-refractivity contribution in [3.63, 3.8) is 0 Å². The van der Waals surface area contributed by atoms with Crippen molar-refractivity contribution in [1.82, 2.24) is 0 Å². The van der Waals surface area contributed by atoms with Crippen LogP contribution in [0.2, 0.25) is 5.02 Å². The molecule has 2 amide bonds. The first kappa shape index (κ1) is 23.8. The van der Waals surface area contributed by atoms with Crippen LogP contribution in [0, 0.1) is 19.8 Å². The van der Waals surface area contributed by atoms with Crippen LogP contribution in [-0.2, 0) is 19.6 Å². The van der Waals surface area contributed by atoms with E-state index in [-0.39, 0.29) is 29.7 Å². The van der Waals surface area contributed by atoms with Crippen LogP contribution in [0.15, 0.2) is 71.6 Å². The van der Waals surface area contributed by atoms with Crippen molar-refractivity contribution in [1.29, 1.82) is 0 Å². The highest BCUT2D eigenvalue weighted by Crippen LogP contribution is 2.28. The van der Waals surface area contributed by atoms with Crippen molar-refractivity contribution in [3.8, 4) is 0 Å². The Hall–Kier alpha value is -3.36. The summed E-state index contributed by atoms with van der Waals surface area (Å²) in [6, 6.07) is 18.4. The van der Waals surface area contributed by atoms with Gasteiger partial charge in [-0.2, -0.15) is 0 Å². The predicted octanol–water partition coefficient (Wildman–Crippen LogP) is 4.75. The van der Waals surface area contributed by atoms with Gasteiger partial charge in [-0.15, -0.1) is 0 Å². The third-order valence-corrected chi connectivity index (χ3v) is 7.37. The van der Waals surface area contributed by atoms with Crippen LogP contribution in [-0.4, -0.2) is 26.8 Å². The van der Waals surface area contributed by atoms with E-state index in [1.165, 1.54) is 24.3 Å². The van der Waals surface area contributed by atoms with Gasteiger partial charge < -0.3 is 10.2 Å². The second-order valence-electron chi connectivity index (χ2n) is 8.27. The van der Waals surface area contributed by atoms with E-state index in [0.717, 1.165) is 11.1 Å². The number of nitrogens with zero attached hydrogens (tertiary/aromatic N) is 1. The van der Waals surface area contributed by atoms with Crippen molar-refractivity contribution < 1.29 is 18.0 Å². The molecule has 1 heterocycles. The zero-order valence-corrected chi connectivity index (χ0v) is 20.3. The van der Waals surface area contributed by atoms with Gasteiger partial charge in [-0.05, 0) is 67.4 Å². The van der Waals surface area contributed by atoms with E-state index in [9.17, 15) is 18.0 Å². The molecule has 0 aromatic heterocycles. The topological polar surface area (TPSA) is 95.6 Å². The van der Waals surface area contributed by atoms with Crippen molar-refractivity contribution >= 4 is 50.5 Å². The number of para-hydroxylation sites is 1. The molecule has 176 valence electrons. The number of sulfonamides is 1. The summed E-state index contributed by atoms with van der Waals surface area (Å²) in [6.07, 6.45) is 0.0878. The van der Waals surface area contributed by atoms with E-state index in [0.29, 0.717) is 22.1 Å². The van der Waals surface area contributed by atoms with Gasteiger partial charge in [0.25, 0.3) is 10.0 Å². The van der Waals surface area contributed by atoms with E-state index in [2.05, 4.69) is 10.0 Å². The maximum absolute atomic E-state index is 12.8. The van der Waals surface area contributed by atoms with E-state index in [4.69, 9.17) is 11.6 Å². The lowest BCUT2D eigenvalue weighted by Gasteiger charge is -2.17. The molecule has 7 nitrogen and oxygen atoms in total. The SMILES string of the molecule is Cc1cccc(C)c1NS(=O)(=O)c1ccc(NC(=O)C2CC(=O)N(c3cccc(Cl)c3)C2)cc1. The molecule has 1 fully saturated rings. The van der Waals surface area contributed by atoms with Crippen molar-refractivity contribution in [2.24, 2.45) is 5.92 Å². The van der Waals surface area contributed by atoms with Gasteiger partial charge in [-0.3, -0.25) is 14.3 Å². The number of benzene rings is 3. The summed E-state index contributed by atoms with van der Waals surface area (Å²) in [6.45, 7) is 3.92. The standard InChI is InChI=1S/C25H24ClN3O4S/c1-16-5-3-6-17(2)24(16)28-34(32,33)22-11-9-20(10-12-22)27-25(31)18-13-23(30)29(15-18)21-8-4-7-19(26)14-21/h3-12,14,18,28H,13,15H2,1-2H3,(H,27,31). The summed E-state index contributed by atoms with van der Waals surface area (Å²) in [7, 11) is -3.79. The van der Waals surface area contributed by atoms with Gasteiger partial charge in [0, 0.05) is 29.4 Å². The molecule has 4 rings (SSSR count). The first-order valence-electron chi connectivity index (χ1n) is 10.7. The summed E-state index contributed by atoms with van der Waals surface area (Å²) in [4.78, 5) is 26.8. The number of carbonyl (C=O) groups excluding carboxylic acids is 2. The van der Waals surface area contributed by atoms with Gasteiger partial charge in [0.2, 0.25) is 11.8 Å². The summed E-state index contributed by atoms with van der Waals surface area (Å²) < 4.78 is 28.3. The van der Waals surface area contributed by atoms with Gasteiger partial charge in [0.05, 0.1) is 16.5 Å². The maximum Gasteiger partial charge on any atom is 0.261 e. The van der Waals surface area contributed by atoms with Crippen molar-refractivity contribution in [3.05, 3.63) is 82.9 Å². The van der Waals surface area contributed by atoms with Gasteiger partial charge in [-0.25, -0.2) is 8.42 Å². The highest BCUT2D eigenvalue weighted by Gasteiger charge is 2.35. The Labute approximate surface area is 203 Å². The summed E-state index contributed by atoms with van der Waals surface area (Å²) in [5.41, 5.74) is 3.30. The Bertz CT molecular complexity index is 1340. The third-order valence-electron chi connectivity index (χ3n) is 5.77. The number of aryl methyl sites for hydroxylation is 2. The molecule has 0 saturated carbocycles. The number of rotatable bonds is 6. The minimum Gasteiger partial charge on any atom is -0.326 e. The minimum absolute atomic E-state index is 0.0799. The number of nitrogens with one attached hydrogen (secondary N) is 2. The quantitative estimate of drug-likeness (QED) is 0.513. The largest absolute Gasteiger partial charge is 0.326 e. The van der Waals surface area contributed by atoms with Crippen LogP contribution in [0.1, 0.15) is 17.5 Å². The van der Waals surface area contributed by atoms with Crippen LogP contribution in [0.4, 0.5) is 17.1 Å². The molecule has 1 aliphatic rings. The van der Waals surface area contributed by atoms with Crippen LogP contribution < -0.4 is 14.9 Å². The smallest absolute Gasteiger partial charge is 0.261 e. The number of amides is 2. The summed E-state index contributed by atoms with van der Waals surface area (Å²) in [5, 5.41) is 3.29. The predicted molar refractivity (Wildman–Crippen MR) is 134 cm³/mol. The van der Waals surface area contributed by atoms with Gasteiger partial charge in [-0.1, -0.05) is 35.9 Å². The number of anilines is 3.